The van der Waals surface area contributed by atoms with Crippen LogP contribution in [0.1, 0.15) is 0 Å². The lowest BCUT2D eigenvalue weighted by Crippen LogP contribution is -2.47. The number of aliphatic hydroxyl groups is 5. The van der Waals surface area contributed by atoms with Gasteiger partial charge in [0.15, 0.2) is 0 Å². The molecule has 0 bridgehead atoms. The Morgan fingerprint density at radius 3 is 2.05 bits per heavy atom. The zero-order valence-electron chi connectivity index (χ0n) is 11.2. The molecule has 7 heteroatoms. The van der Waals surface area contributed by atoms with Gasteiger partial charge >= 0.3 is 0 Å². The Bertz CT molecular complexity index is 385. The number of ether oxygens (including phenoxy) is 1. The van der Waals surface area contributed by atoms with Crippen molar-refractivity contribution in [3.63, 3.8) is 0 Å². The molecule has 114 valence electrons. The lowest BCUT2D eigenvalue weighted by Gasteiger charge is -2.26. The van der Waals surface area contributed by atoms with Crippen molar-refractivity contribution in [2.75, 3.05) is 25.6 Å². The number of aliphatic hydroxyl groups excluding tert-OH is 5. The Hall–Kier alpha value is -1.38. The Kier molecular flexibility index (Phi) is 6.69. The molecule has 0 radical (unpaired) electrons. The van der Waals surface area contributed by atoms with E-state index in [1.807, 2.05) is 0 Å². The Morgan fingerprint density at radius 1 is 1.00 bits per heavy atom. The normalized spacial score (nSPS) is 17.1. The minimum atomic E-state index is -1.62. The van der Waals surface area contributed by atoms with Crippen LogP contribution >= 0.6 is 0 Å². The number of nitrogens with one attached hydrogen (secondary N) is 1. The van der Waals surface area contributed by atoms with E-state index < -0.39 is 31.0 Å². The number of methoxy groups -OCH3 is 1. The van der Waals surface area contributed by atoms with Crippen molar-refractivity contribution in [3.8, 4) is 5.75 Å². The highest BCUT2D eigenvalue weighted by atomic mass is 16.5. The van der Waals surface area contributed by atoms with Crippen LogP contribution < -0.4 is 10.1 Å². The molecule has 4 atom stereocenters. The van der Waals surface area contributed by atoms with E-state index in [-0.39, 0.29) is 6.54 Å². The smallest absolute Gasteiger partial charge is 0.119 e. The van der Waals surface area contributed by atoms with Crippen molar-refractivity contribution in [3.05, 3.63) is 24.3 Å². The van der Waals surface area contributed by atoms with Crippen LogP contribution in [-0.4, -0.2) is 70.2 Å². The Balaban J connectivity index is 2.47. The van der Waals surface area contributed by atoms with Crippen LogP contribution in [0.3, 0.4) is 0 Å². The molecule has 0 fully saturated rings. The zero-order valence-corrected chi connectivity index (χ0v) is 11.2. The van der Waals surface area contributed by atoms with Gasteiger partial charge in [0, 0.05) is 12.2 Å². The van der Waals surface area contributed by atoms with Crippen molar-refractivity contribution in [1.29, 1.82) is 0 Å². The van der Waals surface area contributed by atoms with Crippen molar-refractivity contribution in [2.24, 2.45) is 0 Å². The number of anilines is 1. The molecule has 0 amide bonds. The summed E-state index contributed by atoms with van der Waals surface area (Å²) in [7, 11) is 1.55. The minimum Gasteiger partial charge on any atom is -0.497 e. The van der Waals surface area contributed by atoms with Gasteiger partial charge in [-0.05, 0) is 24.3 Å². The predicted molar refractivity (Wildman–Crippen MR) is 72.6 cm³/mol. The molecule has 0 saturated heterocycles. The quantitative estimate of drug-likeness (QED) is 0.345. The van der Waals surface area contributed by atoms with Crippen molar-refractivity contribution in [1.82, 2.24) is 0 Å². The minimum absolute atomic E-state index is 0.0251. The summed E-state index contributed by atoms with van der Waals surface area (Å²) in [6.45, 7) is -0.723. The van der Waals surface area contributed by atoms with Crippen LogP contribution in [0.25, 0.3) is 0 Å². The number of rotatable bonds is 8. The molecule has 1 rings (SSSR count). The summed E-state index contributed by atoms with van der Waals surface area (Å²) in [5.41, 5.74) is 0.703. The summed E-state index contributed by atoms with van der Waals surface area (Å²) in [4.78, 5) is 0. The van der Waals surface area contributed by atoms with Gasteiger partial charge in [-0.3, -0.25) is 0 Å². The highest BCUT2D eigenvalue weighted by Crippen LogP contribution is 2.15. The maximum atomic E-state index is 9.70. The van der Waals surface area contributed by atoms with Gasteiger partial charge in [-0.25, -0.2) is 0 Å². The first-order valence-corrected chi connectivity index (χ1v) is 6.20. The predicted octanol–water partition coefficient (Wildman–Crippen LogP) is -1.46. The summed E-state index contributed by atoms with van der Waals surface area (Å²) in [5.74, 6) is 0.692. The maximum Gasteiger partial charge on any atom is 0.119 e. The van der Waals surface area contributed by atoms with Gasteiger partial charge in [0.2, 0.25) is 0 Å². The van der Waals surface area contributed by atoms with Crippen LogP contribution in [0, 0.1) is 0 Å². The molecule has 0 saturated carbocycles. The molecule has 7 nitrogen and oxygen atoms in total. The van der Waals surface area contributed by atoms with Crippen molar-refractivity contribution >= 4 is 5.69 Å². The second kappa shape index (κ2) is 8.03. The first-order chi connectivity index (χ1) is 9.49. The van der Waals surface area contributed by atoms with Crippen molar-refractivity contribution in [2.45, 2.75) is 24.4 Å². The SMILES string of the molecule is COc1ccc(NC[C@H](O)[C@@H](O)[C@H](O)[C@H](O)CO)cc1. The van der Waals surface area contributed by atoms with Gasteiger partial charge in [-0.1, -0.05) is 0 Å². The number of hydrogen-bond acceptors (Lipinski definition) is 7. The van der Waals surface area contributed by atoms with Gasteiger partial charge in [-0.2, -0.15) is 0 Å². The average Bonchev–Trinajstić information content (AvgIpc) is 2.50. The van der Waals surface area contributed by atoms with Crippen LogP contribution in [0.4, 0.5) is 5.69 Å². The summed E-state index contributed by atoms with van der Waals surface area (Å²) in [6.07, 6.45) is -5.98. The van der Waals surface area contributed by atoms with E-state index in [4.69, 9.17) is 9.84 Å². The molecule has 1 aromatic rings. The standard InChI is InChI=1S/C13H21NO6/c1-20-9-4-2-8(3-5-9)14-6-10(16)12(18)13(19)11(17)7-15/h2-5,10-19H,6-7H2,1H3/t10-,11+,12+,13+/m0/s1. The molecule has 6 N–H and O–H groups in total. The molecule has 0 aliphatic heterocycles. The fraction of sp³-hybridized carbons (Fsp3) is 0.538. The maximum absolute atomic E-state index is 9.70. The monoisotopic (exact) mass is 287 g/mol. The molecule has 0 aromatic heterocycles. The van der Waals surface area contributed by atoms with Crippen molar-refractivity contribution < 1.29 is 30.3 Å². The molecular formula is C13H21NO6. The van der Waals surface area contributed by atoms with Gasteiger partial charge in [0.25, 0.3) is 0 Å². The average molecular weight is 287 g/mol. The summed E-state index contributed by atoms with van der Waals surface area (Å²) >= 11 is 0. The van der Waals surface area contributed by atoms with E-state index in [1.54, 1.807) is 31.4 Å². The van der Waals surface area contributed by atoms with Gasteiger partial charge < -0.3 is 35.6 Å². The Labute approximate surface area is 117 Å². The third-order valence-corrected chi connectivity index (χ3v) is 2.93. The van der Waals surface area contributed by atoms with E-state index in [2.05, 4.69) is 5.32 Å². The third-order valence-electron chi connectivity index (χ3n) is 2.93. The summed E-state index contributed by atoms with van der Waals surface area (Å²) < 4.78 is 5.00. The fourth-order valence-electron chi connectivity index (χ4n) is 1.62. The number of hydrogen-bond donors (Lipinski definition) is 6. The van der Waals surface area contributed by atoms with Crippen LogP contribution in [0.15, 0.2) is 24.3 Å². The summed E-state index contributed by atoms with van der Waals surface area (Å²) in [5, 5.41) is 49.5. The summed E-state index contributed by atoms with van der Waals surface area (Å²) in [6, 6.07) is 6.93. The van der Waals surface area contributed by atoms with Gasteiger partial charge in [0.05, 0.1) is 19.8 Å². The van der Waals surface area contributed by atoms with Crippen LogP contribution in [0.5, 0.6) is 5.75 Å². The highest BCUT2D eigenvalue weighted by Gasteiger charge is 2.29. The lowest BCUT2D eigenvalue weighted by molar-refractivity contribution is -0.111. The largest absolute Gasteiger partial charge is 0.497 e. The van der Waals surface area contributed by atoms with Crippen LogP contribution in [0.2, 0.25) is 0 Å². The first kappa shape index (κ1) is 16.7. The van der Waals surface area contributed by atoms with Gasteiger partial charge in [-0.15, -0.1) is 0 Å². The molecule has 0 unspecified atom stereocenters. The zero-order chi connectivity index (χ0) is 15.1. The second-order valence-corrected chi connectivity index (χ2v) is 4.41. The van der Waals surface area contributed by atoms with E-state index in [0.717, 1.165) is 0 Å². The first-order valence-electron chi connectivity index (χ1n) is 6.20. The highest BCUT2D eigenvalue weighted by molar-refractivity contribution is 5.46. The second-order valence-electron chi connectivity index (χ2n) is 4.41. The lowest BCUT2D eigenvalue weighted by atomic mass is 10.0. The van der Waals surface area contributed by atoms with Crippen LogP contribution in [-0.2, 0) is 0 Å². The van der Waals surface area contributed by atoms with E-state index in [1.165, 1.54) is 0 Å². The topological polar surface area (TPSA) is 122 Å². The van der Waals surface area contributed by atoms with E-state index >= 15 is 0 Å². The molecule has 1 aromatic carbocycles. The third kappa shape index (κ3) is 4.62. The molecular weight excluding hydrogens is 266 g/mol. The molecule has 0 aliphatic carbocycles. The van der Waals surface area contributed by atoms with E-state index in [9.17, 15) is 20.4 Å². The molecule has 20 heavy (non-hydrogen) atoms. The van der Waals surface area contributed by atoms with Gasteiger partial charge in [0.1, 0.15) is 24.1 Å². The Morgan fingerprint density at radius 2 is 1.55 bits per heavy atom. The molecule has 0 heterocycles. The number of benzene rings is 1. The fourth-order valence-corrected chi connectivity index (χ4v) is 1.62. The van der Waals surface area contributed by atoms with E-state index in [0.29, 0.717) is 11.4 Å². The molecule has 0 spiro atoms. The molecule has 0 aliphatic rings.